The van der Waals surface area contributed by atoms with E-state index in [4.69, 9.17) is 0 Å². The van der Waals surface area contributed by atoms with Gasteiger partial charge in [0, 0.05) is 6.08 Å². The van der Waals surface area contributed by atoms with Gasteiger partial charge in [-0.05, 0) is 11.6 Å². The van der Waals surface area contributed by atoms with E-state index >= 15 is 0 Å². The molecule has 0 aromatic heterocycles. The monoisotopic (exact) mass is 158 g/mol. The summed E-state index contributed by atoms with van der Waals surface area (Å²) in [6.07, 6.45) is -3.22. The standard InChI is InChI=1S/C4H2ClF3O/c5-3(9)1-2(6)4(7)8/h1,4H/b2-1-. The van der Waals surface area contributed by atoms with Crippen LogP contribution in [0.15, 0.2) is 11.9 Å². The van der Waals surface area contributed by atoms with Crippen LogP contribution in [0.1, 0.15) is 0 Å². The van der Waals surface area contributed by atoms with E-state index in [0.29, 0.717) is 0 Å². The van der Waals surface area contributed by atoms with Gasteiger partial charge in [-0.1, -0.05) is 0 Å². The predicted octanol–water partition coefficient (Wildman–Crippen LogP) is 1.87. The quantitative estimate of drug-likeness (QED) is 0.443. The van der Waals surface area contributed by atoms with Gasteiger partial charge < -0.3 is 0 Å². The molecule has 0 aromatic rings. The molecule has 0 rings (SSSR count). The van der Waals surface area contributed by atoms with Gasteiger partial charge in [-0.25, -0.2) is 13.2 Å². The summed E-state index contributed by atoms with van der Waals surface area (Å²) in [7, 11) is 0. The SMILES string of the molecule is O=C(Cl)/C=C(\F)C(F)F. The van der Waals surface area contributed by atoms with Crippen molar-refractivity contribution in [3.8, 4) is 0 Å². The molecule has 0 saturated carbocycles. The number of carbonyl (C=O) groups excluding carboxylic acids is 1. The Balaban J connectivity index is 4.00. The fraction of sp³-hybridized carbons (Fsp3) is 0.250. The highest BCUT2D eigenvalue weighted by atomic mass is 35.5. The summed E-state index contributed by atoms with van der Waals surface area (Å²) in [4.78, 5) is 9.67. The Morgan fingerprint density at radius 2 is 2.00 bits per heavy atom. The van der Waals surface area contributed by atoms with Crippen molar-refractivity contribution >= 4 is 16.8 Å². The molecule has 0 heterocycles. The fourth-order valence-corrected chi connectivity index (χ4v) is 0.276. The third-order valence-corrected chi connectivity index (χ3v) is 0.569. The highest BCUT2D eigenvalue weighted by Crippen LogP contribution is 2.09. The number of halogens is 4. The van der Waals surface area contributed by atoms with Gasteiger partial charge in [0.1, 0.15) is 0 Å². The molecule has 0 aliphatic heterocycles. The van der Waals surface area contributed by atoms with Crippen molar-refractivity contribution in [2.45, 2.75) is 6.43 Å². The first-order valence-corrected chi connectivity index (χ1v) is 2.26. The van der Waals surface area contributed by atoms with Crippen LogP contribution in [0.2, 0.25) is 0 Å². The van der Waals surface area contributed by atoms with Crippen molar-refractivity contribution in [1.82, 2.24) is 0 Å². The smallest absolute Gasteiger partial charge is 0.276 e. The molecule has 0 radical (unpaired) electrons. The molecule has 0 aliphatic carbocycles. The van der Waals surface area contributed by atoms with Crippen LogP contribution in [0.3, 0.4) is 0 Å². The first kappa shape index (κ1) is 8.49. The third kappa shape index (κ3) is 4.02. The lowest BCUT2D eigenvalue weighted by Gasteiger charge is -1.88. The molecule has 0 atom stereocenters. The Kier molecular flexibility index (Phi) is 3.30. The summed E-state index contributed by atoms with van der Waals surface area (Å²) in [5.41, 5.74) is 0. The minimum Gasteiger partial charge on any atom is -0.276 e. The Morgan fingerprint density at radius 3 is 2.11 bits per heavy atom. The predicted molar refractivity (Wildman–Crippen MR) is 26.1 cm³/mol. The van der Waals surface area contributed by atoms with Crippen LogP contribution in [0.25, 0.3) is 0 Å². The molecule has 52 valence electrons. The normalized spacial score (nSPS) is 12.3. The average molecular weight is 159 g/mol. The van der Waals surface area contributed by atoms with Crippen molar-refractivity contribution < 1.29 is 18.0 Å². The molecule has 0 amide bonds. The molecule has 0 spiro atoms. The van der Waals surface area contributed by atoms with Gasteiger partial charge >= 0.3 is 0 Å². The average Bonchev–Trinajstić information content (AvgIpc) is 1.63. The lowest BCUT2D eigenvalue weighted by Crippen LogP contribution is -1.92. The molecular weight excluding hydrogens is 156 g/mol. The van der Waals surface area contributed by atoms with E-state index in [2.05, 4.69) is 11.6 Å². The van der Waals surface area contributed by atoms with Gasteiger partial charge in [-0.3, -0.25) is 4.79 Å². The van der Waals surface area contributed by atoms with E-state index in [1.807, 2.05) is 0 Å². The topological polar surface area (TPSA) is 17.1 Å². The fourth-order valence-electron chi connectivity index (χ4n) is 0.171. The number of hydrogen-bond acceptors (Lipinski definition) is 1. The number of carbonyl (C=O) groups is 1. The second kappa shape index (κ2) is 3.50. The summed E-state index contributed by atoms with van der Waals surface area (Å²) in [5, 5.41) is -1.24. The zero-order valence-corrected chi connectivity index (χ0v) is 4.83. The second-order valence-corrected chi connectivity index (χ2v) is 1.51. The summed E-state index contributed by atoms with van der Waals surface area (Å²) in [6, 6.07) is 0. The van der Waals surface area contributed by atoms with Crippen molar-refractivity contribution in [2.75, 3.05) is 0 Å². The third-order valence-electron chi connectivity index (χ3n) is 0.460. The number of hydrogen-bond donors (Lipinski definition) is 0. The van der Waals surface area contributed by atoms with E-state index in [0.717, 1.165) is 0 Å². The van der Waals surface area contributed by atoms with E-state index < -0.39 is 17.5 Å². The van der Waals surface area contributed by atoms with Crippen molar-refractivity contribution in [1.29, 1.82) is 0 Å². The van der Waals surface area contributed by atoms with Crippen LogP contribution in [0, 0.1) is 0 Å². The molecule has 0 unspecified atom stereocenters. The van der Waals surface area contributed by atoms with E-state index in [-0.39, 0.29) is 6.08 Å². The van der Waals surface area contributed by atoms with Gasteiger partial charge in [-0.2, -0.15) is 0 Å². The van der Waals surface area contributed by atoms with Crippen LogP contribution >= 0.6 is 11.6 Å². The summed E-state index contributed by atoms with van der Waals surface area (Å²) >= 11 is 4.53. The van der Waals surface area contributed by atoms with E-state index in [1.54, 1.807) is 0 Å². The summed E-state index contributed by atoms with van der Waals surface area (Å²) in [6.45, 7) is 0. The molecule has 9 heavy (non-hydrogen) atoms. The first-order chi connectivity index (χ1) is 4.04. The van der Waals surface area contributed by atoms with Crippen LogP contribution in [-0.2, 0) is 4.79 Å². The van der Waals surface area contributed by atoms with E-state index in [9.17, 15) is 18.0 Å². The van der Waals surface area contributed by atoms with Gasteiger partial charge in [0.15, 0.2) is 5.83 Å². The molecule has 0 aliphatic rings. The number of rotatable bonds is 2. The van der Waals surface area contributed by atoms with Crippen molar-refractivity contribution in [3.05, 3.63) is 11.9 Å². The first-order valence-electron chi connectivity index (χ1n) is 1.88. The number of alkyl halides is 2. The molecular formula is C4H2ClF3O. The summed E-state index contributed by atoms with van der Waals surface area (Å²) < 4.78 is 33.9. The maximum Gasteiger partial charge on any atom is 0.289 e. The lowest BCUT2D eigenvalue weighted by atomic mass is 10.5. The minimum absolute atomic E-state index is 0.0340. The molecule has 0 saturated heterocycles. The zero-order chi connectivity index (χ0) is 7.44. The molecule has 0 fully saturated rings. The van der Waals surface area contributed by atoms with Crippen molar-refractivity contribution in [3.63, 3.8) is 0 Å². The lowest BCUT2D eigenvalue weighted by molar-refractivity contribution is -0.107. The Labute approximate surface area is 54.1 Å². The van der Waals surface area contributed by atoms with Crippen LogP contribution in [0.4, 0.5) is 13.2 Å². The van der Waals surface area contributed by atoms with Gasteiger partial charge in [-0.15, -0.1) is 0 Å². The molecule has 1 nitrogen and oxygen atoms in total. The van der Waals surface area contributed by atoms with Crippen LogP contribution in [0.5, 0.6) is 0 Å². The van der Waals surface area contributed by atoms with E-state index in [1.165, 1.54) is 0 Å². The van der Waals surface area contributed by atoms with Crippen molar-refractivity contribution in [2.24, 2.45) is 0 Å². The summed E-state index contributed by atoms with van der Waals surface area (Å²) in [5.74, 6) is -1.81. The molecule has 0 aromatic carbocycles. The maximum absolute atomic E-state index is 11.6. The Morgan fingerprint density at radius 1 is 1.56 bits per heavy atom. The molecule has 0 bridgehead atoms. The highest BCUT2D eigenvalue weighted by molar-refractivity contribution is 6.66. The van der Waals surface area contributed by atoms with Gasteiger partial charge in [0.25, 0.3) is 6.43 Å². The van der Waals surface area contributed by atoms with Gasteiger partial charge in [0.2, 0.25) is 5.24 Å². The Hall–Kier alpha value is -0.510. The zero-order valence-electron chi connectivity index (χ0n) is 4.07. The maximum atomic E-state index is 11.6. The second-order valence-electron chi connectivity index (χ2n) is 1.13. The molecule has 0 N–H and O–H groups in total. The largest absolute Gasteiger partial charge is 0.289 e. The molecule has 5 heteroatoms. The Bertz CT molecular complexity index is 143. The highest BCUT2D eigenvalue weighted by Gasteiger charge is 2.10. The minimum atomic E-state index is -3.26. The number of allylic oxidation sites excluding steroid dienone is 2. The van der Waals surface area contributed by atoms with Crippen LogP contribution in [-0.4, -0.2) is 11.7 Å². The van der Waals surface area contributed by atoms with Crippen LogP contribution < -0.4 is 0 Å². The van der Waals surface area contributed by atoms with Gasteiger partial charge in [0.05, 0.1) is 0 Å².